The van der Waals surface area contributed by atoms with Crippen LogP contribution in [0.3, 0.4) is 0 Å². The number of rotatable bonds is 2. The molecule has 0 amide bonds. The average molecular weight is 198 g/mol. The van der Waals surface area contributed by atoms with Crippen LogP contribution in [-0.4, -0.2) is 25.8 Å². The Labute approximate surface area is 82.9 Å². The molecule has 0 aromatic rings. The summed E-state index contributed by atoms with van der Waals surface area (Å²) in [7, 11) is 2.73. The number of Topliss-reactive ketones (excluding diaryl/α,β-unsaturated/α-hetero) is 2. The second kappa shape index (κ2) is 3.82. The normalized spacial score (nSPS) is 28.0. The van der Waals surface area contributed by atoms with Gasteiger partial charge in [-0.1, -0.05) is 13.8 Å². The van der Waals surface area contributed by atoms with Crippen molar-refractivity contribution in [2.75, 3.05) is 14.2 Å². The molecule has 1 aliphatic carbocycles. The number of hydrogen-bond acceptors (Lipinski definition) is 4. The van der Waals surface area contributed by atoms with E-state index in [-0.39, 0.29) is 34.9 Å². The van der Waals surface area contributed by atoms with Crippen molar-refractivity contribution in [1.82, 2.24) is 0 Å². The smallest absolute Gasteiger partial charge is 0.208 e. The van der Waals surface area contributed by atoms with Gasteiger partial charge in [0, 0.05) is 11.8 Å². The first kappa shape index (κ1) is 10.8. The zero-order valence-corrected chi connectivity index (χ0v) is 8.79. The fraction of sp³-hybridized carbons (Fsp3) is 0.600. The van der Waals surface area contributed by atoms with Crippen LogP contribution in [0.25, 0.3) is 0 Å². The van der Waals surface area contributed by atoms with Crippen LogP contribution in [0.15, 0.2) is 11.5 Å². The molecule has 14 heavy (non-hydrogen) atoms. The highest BCUT2D eigenvalue weighted by molar-refractivity contribution is 6.11. The summed E-state index contributed by atoms with van der Waals surface area (Å²) in [6.45, 7) is 3.44. The van der Waals surface area contributed by atoms with Gasteiger partial charge in [0.2, 0.25) is 23.1 Å². The van der Waals surface area contributed by atoms with Gasteiger partial charge in [-0.15, -0.1) is 0 Å². The van der Waals surface area contributed by atoms with Crippen molar-refractivity contribution in [3.8, 4) is 0 Å². The SMILES string of the molecule is COC1=C(OC)C(=O)C(C)C(C)C1=O. The molecule has 0 bridgehead atoms. The molecule has 0 saturated heterocycles. The molecule has 0 aliphatic heterocycles. The first-order valence-corrected chi connectivity index (χ1v) is 4.45. The summed E-state index contributed by atoms with van der Waals surface area (Å²) >= 11 is 0. The van der Waals surface area contributed by atoms with Crippen LogP contribution in [0, 0.1) is 11.8 Å². The predicted octanol–water partition coefficient (Wildman–Crippen LogP) is 0.915. The zero-order chi connectivity index (χ0) is 10.9. The van der Waals surface area contributed by atoms with Gasteiger partial charge < -0.3 is 9.47 Å². The molecule has 0 aromatic carbocycles. The maximum atomic E-state index is 11.7. The molecule has 1 rings (SSSR count). The Balaban J connectivity index is 3.22. The standard InChI is InChI=1S/C10H14O4/c1-5-6(2)8(12)10(14-4)9(13-3)7(5)11/h5-6H,1-4H3. The predicted molar refractivity (Wildman–Crippen MR) is 49.4 cm³/mol. The molecule has 4 nitrogen and oxygen atoms in total. The van der Waals surface area contributed by atoms with Crippen LogP contribution in [-0.2, 0) is 19.1 Å². The summed E-state index contributed by atoms with van der Waals surface area (Å²) in [5, 5.41) is 0. The summed E-state index contributed by atoms with van der Waals surface area (Å²) in [5.74, 6) is -0.924. The Bertz CT molecular complexity index is 273. The molecule has 0 saturated carbocycles. The van der Waals surface area contributed by atoms with Crippen molar-refractivity contribution < 1.29 is 19.1 Å². The summed E-state index contributed by atoms with van der Waals surface area (Å²) in [6, 6.07) is 0. The van der Waals surface area contributed by atoms with Crippen LogP contribution in [0.5, 0.6) is 0 Å². The van der Waals surface area contributed by atoms with E-state index >= 15 is 0 Å². The molecular formula is C10H14O4. The van der Waals surface area contributed by atoms with Gasteiger partial charge >= 0.3 is 0 Å². The van der Waals surface area contributed by atoms with Crippen LogP contribution < -0.4 is 0 Å². The van der Waals surface area contributed by atoms with Gasteiger partial charge in [-0.25, -0.2) is 0 Å². The quantitative estimate of drug-likeness (QED) is 0.662. The molecule has 0 N–H and O–H groups in total. The molecular weight excluding hydrogens is 184 g/mol. The van der Waals surface area contributed by atoms with Crippen LogP contribution >= 0.6 is 0 Å². The highest BCUT2D eigenvalue weighted by Crippen LogP contribution is 2.28. The van der Waals surface area contributed by atoms with Crippen molar-refractivity contribution in [3.05, 3.63) is 11.5 Å². The molecule has 78 valence electrons. The fourth-order valence-corrected chi connectivity index (χ4v) is 1.48. The highest BCUT2D eigenvalue weighted by Gasteiger charge is 2.40. The number of hydrogen-bond donors (Lipinski definition) is 0. The summed E-state index contributed by atoms with van der Waals surface area (Å²) < 4.78 is 9.76. The molecule has 1 aliphatic rings. The van der Waals surface area contributed by atoms with Gasteiger partial charge in [0.25, 0.3) is 0 Å². The lowest BCUT2D eigenvalue weighted by molar-refractivity contribution is -0.134. The molecule has 0 radical (unpaired) electrons. The van der Waals surface area contributed by atoms with E-state index in [0.29, 0.717) is 0 Å². The highest BCUT2D eigenvalue weighted by atomic mass is 16.5. The number of carbonyl (C=O) groups excluding carboxylic acids is 2. The van der Waals surface area contributed by atoms with Gasteiger partial charge in [-0.3, -0.25) is 9.59 Å². The second-order valence-electron chi connectivity index (χ2n) is 3.37. The number of allylic oxidation sites excluding steroid dienone is 2. The van der Waals surface area contributed by atoms with E-state index in [2.05, 4.69) is 0 Å². The van der Waals surface area contributed by atoms with Gasteiger partial charge in [-0.05, 0) is 0 Å². The Kier molecular flexibility index (Phi) is 2.93. The van der Waals surface area contributed by atoms with E-state index in [9.17, 15) is 9.59 Å². The first-order valence-electron chi connectivity index (χ1n) is 4.45. The van der Waals surface area contributed by atoms with Crippen molar-refractivity contribution in [1.29, 1.82) is 0 Å². The lowest BCUT2D eigenvalue weighted by Gasteiger charge is -2.25. The molecule has 0 heterocycles. The Morgan fingerprint density at radius 3 is 1.36 bits per heavy atom. The van der Waals surface area contributed by atoms with Crippen molar-refractivity contribution in [2.45, 2.75) is 13.8 Å². The van der Waals surface area contributed by atoms with Crippen LogP contribution in [0.4, 0.5) is 0 Å². The summed E-state index contributed by atoms with van der Waals surface area (Å²) in [5.41, 5.74) is 0. The third-order valence-electron chi connectivity index (χ3n) is 2.64. The molecule has 4 heteroatoms. The van der Waals surface area contributed by atoms with E-state index in [0.717, 1.165) is 0 Å². The Morgan fingerprint density at radius 2 is 1.14 bits per heavy atom. The molecule has 2 unspecified atom stereocenters. The summed E-state index contributed by atoms with van der Waals surface area (Å²) in [6.07, 6.45) is 0. The maximum Gasteiger partial charge on any atom is 0.208 e. The maximum absolute atomic E-state index is 11.7. The number of methoxy groups -OCH3 is 2. The molecule has 0 fully saturated rings. The number of ether oxygens (including phenoxy) is 2. The molecule has 0 spiro atoms. The molecule has 2 atom stereocenters. The largest absolute Gasteiger partial charge is 0.490 e. The van der Waals surface area contributed by atoms with Gasteiger partial charge in [-0.2, -0.15) is 0 Å². The molecule has 0 aromatic heterocycles. The van der Waals surface area contributed by atoms with E-state index in [4.69, 9.17) is 9.47 Å². The topological polar surface area (TPSA) is 52.6 Å². The van der Waals surface area contributed by atoms with E-state index in [1.807, 2.05) is 0 Å². The minimum Gasteiger partial charge on any atom is -0.490 e. The van der Waals surface area contributed by atoms with E-state index < -0.39 is 0 Å². The van der Waals surface area contributed by atoms with Crippen molar-refractivity contribution in [3.63, 3.8) is 0 Å². The average Bonchev–Trinajstić information content (AvgIpc) is 2.20. The summed E-state index contributed by atoms with van der Waals surface area (Å²) in [4.78, 5) is 23.3. The second-order valence-corrected chi connectivity index (χ2v) is 3.37. The van der Waals surface area contributed by atoms with Crippen LogP contribution in [0.1, 0.15) is 13.8 Å². The van der Waals surface area contributed by atoms with Gasteiger partial charge in [0.05, 0.1) is 14.2 Å². The monoisotopic (exact) mass is 198 g/mol. The zero-order valence-electron chi connectivity index (χ0n) is 8.79. The van der Waals surface area contributed by atoms with Crippen molar-refractivity contribution >= 4 is 11.6 Å². The third-order valence-corrected chi connectivity index (χ3v) is 2.64. The fourth-order valence-electron chi connectivity index (χ4n) is 1.48. The number of carbonyl (C=O) groups is 2. The minimum atomic E-state index is -0.337. The van der Waals surface area contributed by atoms with E-state index in [1.54, 1.807) is 13.8 Å². The van der Waals surface area contributed by atoms with Gasteiger partial charge in [0.1, 0.15) is 0 Å². The Morgan fingerprint density at radius 1 is 0.857 bits per heavy atom. The lowest BCUT2D eigenvalue weighted by atomic mass is 9.82. The lowest BCUT2D eigenvalue weighted by Crippen LogP contribution is -2.35. The first-order chi connectivity index (χ1) is 6.54. The van der Waals surface area contributed by atoms with Crippen LogP contribution in [0.2, 0.25) is 0 Å². The number of ketones is 2. The van der Waals surface area contributed by atoms with Crippen molar-refractivity contribution in [2.24, 2.45) is 11.8 Å². The van der Waals surface area contributed by atoms with Gasteiger partial charge in [0.15, 0.2) is 0 Å². The Hall–Kier alpha value is -1.32. The van der Waals surface area contributed by atoms with E-state index in [1.165, 1.54) is 14.2 Å². The minimum absolute atomic E-state index is 0.0445. The third kappa shape index (κ3) is 1.41.